The van der Waals surface area contributed by atoms with E-state index in [0.717, 1.165) is 29.9 Å². The van der Waals surface area contributed by atoms with Crippen LogP contribution in [0.1, 0.15) is 44.9 Å². The van der Waals surface area contributed by atoms with Crippen molar-refractivity contribution in [3.63, 3.8) is 0 Å². The average Bonchev–Trinajstić information content (AvgIpc) is 3.15. The monoisotopic (exact) mass is 475 g/mol. The van der Waals surface area contributed by atoms with E-state index in [0.29, 0.717) is 20.6 Å². The SMILES string of the molecule is CCOC(=O)C1=C(C)N=c2s/c(=C/c3ccc(N(CC)CC)cc3)c(=O)n2[C@H]1c1ccccc1. The molecular formula is C27H29N3O3S. The molecule has 0 fully saturated rings. The number of nitrogens with zero attached hydrogens (tertiary/aromatic N) is 3. The standard InChI is InChI=1S/C27H29N3O3S/c1-5-29(6-2)21-15-13-19(14-16-21)17-22-25(31)30-24(20-11-9-8-10-12-20)23(26(32)33-7-3)18(4)28-27(30)34-22/h8-17,24H,5-7H2,1-4H3/b22-17+/t24-/m0/s1. The van der Waals surface area contributed by atoms with Gasteiger partial charge in [0.15, 0.2) is 4.80 Å². The Kier molecular flexibility index (Phi) is 7.12. The van der Waals surface area contributed by atoms with Gasteiger partial charge in [-0.2, -0.15) is 0 Å². The van der Waals surface area contributed by atoms with Gasteiger partial charge in [0, 0.05) is 18.8 Å². The topological polar surface area (TPSA) is 63.9 Å². The lowest BCUT2D eigenvalue weighted by atomic mass is 9.96. The normalized spacial score (nSPS) is 15.6. The quantitative estimate of drug-likeness (QED) is 0.490. The number of hydrogen-bond acceptors (Lipinski definition) is 6. The van der Waals surface area contributed by atoms with Crippen LogP contribution in [0.5, 0.6) is 0 Å². The van der Waals surface area contributed by atoms with Gasteiger partial charge in [0.1, 0.15) is 0 Å². The Morgan fingerprint density at radius 3 is 2.38 bits per heavy atom. The molecular weight excluding hydrogens is 446 g/mol. The minimum atomic E-state index is -0.580. The molecule has 0 unspecified atom stereocenters. The summed E-state index contributed by atoms with van der Waals surface area (Å²) in [6.45, 7) is 9.97. The van der Waals surface area contributed by atoms with Crippen molar-refractivity contribution in [3.05, 3.63) is 96.7 Å². The molecule has 1 atom stereocenters. The van der Waals surface area contributed by atoms with Crippen molar-refractivity contribution in [1.29, 1.82) is 0 Å². The van der Waals surface area contributed by atoms with Crippen LogP contribution in [0.2, 0.25) is 0 Å². The maximum absolute atomic E-state index is 13.6. The Balaban J connectivity index is 1.84. The molecule has 2 heterocycles. The fourth-order valence-electron chi connectivity index (χ4n) is 4.26. The first-order valence-corrected chi connectivity index (χ1v) is 12.4. The van der Waals surface area contributed by atoms with Crippen LogP contribution in [0, 0.1) is 0 Å². The highest BCUT2D eigenvalue weighted by molar-refractivity contribution is 7.07. The highest BCUT2D eigenvalue weighted by atomic mass is 32.1. The Hall–Kier alpha value is -3.45. The second-order valence-corrected chi connectivity index (χ2v) is 8.99. The number of allylic oxidation sites excluding steroid dienone is 1. The fraction of sp³-hybridized carbons (Fsp3) is 0.296. The van der Waals surface area contributed by atoms with Gasteiger partial charge in [-0.1, -0.05) is 53.8 Å². The molecule has 0 spiro atoms. The fourth-order valence-corrected chi connectivity index (χ4v) is 5.31. The van der Waals surface area contributed by atoms with Gasteiger partial charge in [-0.15, -0.1) is 0 Å². The van der Waals surface area contributed by atoms with Crippen molar-refractivity contribution in [2.45, 2.75) is 33.7 Å². The van der Waals surface area contributed by atoms with Gasteiger partial charge < -0.3 is 9.64 Å². The van der Waals surface area contributed by atoms with Crippen LogP contribution in [0.3, 0.4) is 0 Å². The van der Waals surface area contributed by atoms with Crippen molar-refractivity contribution < 1.29 is 9.53 Å². The van der Waals surface area contributed by atoms with Gasteiger partial charge >= 0.3 is 5.97 Å². The van der Waals surface area contributed by atoms with Crippen LogP contribution in [0.25, 0.3) is 6.08 Å². The number of benzene rings is 2. The van der Waals surface area contributed by atoms with Crippen LogP contribution < -0.4 is 19.8 Å². The molecule has 0 saturated carbocycles. The predicted octanol–water partition coefficient (Wildman–Crippen LogP) is 3.64. The van der Waals surface area contributed by atoms with E-state index in [2.05, 4.69) is 35.9 Å². The van der Waals surface area contributed by atoms with Crippen molar-refractivity contribution in [3.8, 4) is 0 Å². The molecule has 4 rings (SSSR count). The Morgan fingerprint density at radius 1 is 1.09 bits per heavy atom. The Labute approximate surface area is 203 Å². The molecule has 3 aromatic rings. The van der Waals surface area contributed by atoms with E-state index in [-0.39, 0.29) is 12.2 Å². The van der Waals surface area contributed by atoms with Gasteiger partial charge in [-0.05, 0) is 57.0 Å². The zero-order chi connectivity index (χ0) is 24.2. The second kappa shape index (κ2) is 10.2. The number of fused-ring (bicyclic) bond motifs is 1. The number of rotatable bonds is 7. The maximum atomic E-state index is 13.6. The summed E-state index contributed by atoms with van der Waals surface area (Å²) < 4.78 is 7.53. The first-order valence-electron chi connectivity index (χ1n) is 11.6. The molecule has 0 radical (unpaired) electrons. The average molecular weight is 476 g/mol. The number of thiazole rings is 1. The maximum Gasteiger partial charge on any atom is 0.338 e. The third-order valence-corrected chi connectivity index (χ3v) is 6.93. The number of aromatic nitrogens is 1. The molecule has 2 aromatic carbocycles. The van der Waals surface area contributed by atoms with E-state index in [9.17, 15) is 9.59 Å². The van der Waals surface area contributed by atoms with Gasteiger partial charge in [-0.25, -0.2) is 9.79 Å². The summed E-state index contributed by atoms with van der Waals surface area (Å²) in [4.78, 5) is 34.0. The first kappa shape index (κ1) is 23.7. The van der Waals surface area contributed by atoms with Gasteiger partial charge in [0.05, 0.1) is 28.5 Å². The number of hydrogen-bond donors (Lipinski definition) is 0. The summed E-state index contributed by atoms with van der Waals surface area (Å²) in [5.74, 6) is -0.445. The van der Waals surface area contributed by atoms with Crippen LogP contribution >= 0.6 is 11.3 Å². The minimum absolute atomic E-state index is 0.167. The highest BCUT2D eigenvalue weighted by Gasteiger charge is 2.33. The molecule has 1 aromatic heterocycles. The largest absolute Gasteiger partial charge is 0.463 e. The van der Waals surface area contributed by atoms with Crippen LogP contribution in [-0.2, 0) is 9.53 Å². The van der Waals surface area contributed by atoms with Gasteiger partial charge in [-0.3, -0.25) is 9.36 Å². The lowest BCUT2D eigenvalue weighted by Crippen LogP contribution is -2.39. The lowest BCUT2D eigenvalue weighted by Gasteiger charge is -2.24. The van der Waals surface area contributed by atoms with Gasteiger partial charge in [0.25, 0.3) is 5.56 Å². The van der Waals surface area contributed by atoms with Crippen LogP contribution in [0.15, 0.2) is 75.7 Å². The van der Waals surface area contributed by atoms with Crippen molar-refractivity contribution >= 4 is 29.1 Å². The molecule has 0 saturated heterocycles. The van der Waals surface area contributed by atoms with Gasteiger partial charge in [0.2, 0.25) is 0 Å². The summed E-state index contributed by atoms with van der Waals surface area (Å²) in [6.07, 6.45) is 1.89. The van der Waals surface area contributed by atoms with Crippen molar-refractivity contribution in [1.82, 2.24) is 4.57 Å². The molecule has 176 valence electrons. The summed E-state index contributed by atoms with van der Waals surface area (Å²) in [5.41, 5.74) is 3.75. The van der Waals surface area contributed by atoms with E-state index in [4.69, 9.17) is 4.74 Å². The number of carbonyl (C=O) groups is 1. The second-order valence-electron chi connectivity index (χ2n) is 7.98. The first-order chi connectivity index (χ1) is 16.5. The molecule has 0 amide bonds. The lowest BCUT2D eigenvalue weighted by molar-refractivity contribution is -0.139. The summed E-state index contributed by atoms with van der Waals surface area (Å²) in [6, 6.07) is 17.2. The molecule has 34 heavy (non-hydrogen) atoms. The zero-order valence-electron chi connectivity index (χ0n) is 19.9. The molecule has 0 N–H and O–H groups in total. The van der Waals surface area contributed by atoms with E-state index < -0.39 is 12.0 Å². The number of ether oxygens (including phenoxy) is 1. The summed E-state index contributed by atoms with van der Waals surface area (Å²) in [5, 5.41) is 0. The van der Waals surface area contributed by atoms with Crippen molar-refractivity contribution in [2.24, 2.45) is 4.99 Å². The van der Waals surface area contributed by atoms with E-state index in [1.165, 1.54) is 11.3 Å². The third-order valence-electron chi connectivity index (χ3n) is 5.95. The highest BCUT2D eigenvalue weighted by Crippen LogP contribution is 2.30. The van der Waals surface area contributed by atoms with E-state index in [1.54, 1.807) is 18.4 Å². The summed E-state index contributed by atoms with van der Waals surface area (Å²) in [7, 11) is 0. The van der Waals surface area contributed by atoms with E-state index in [1.807, 2.05) is 48.5 Å². The number of esters is 1. The molecule has 1 aliphatic heterocycles. The van der Waals surface area contributed by atoms with Crippen LogP contribution in [-0.4, -0.2) is 30.2 Å². The molecule has 6 nitrogen and oxygen atoms in total. The number of anilines is 1. The van der Waals surface area contributed by atoms with Crippen LogP contribution in [0.4, 0.5) is 5.69 Å². The Morgan fingerprint density at radius 2 is 1.76 bits per heavy atom. The molecule has 0 aliphatic carbocycles. The molecule has 1 aliphatic rings. The smallest absolute Gasteiger partial charge is 0.338 e. The third kappa shape index (κ3) is 4.48. The molecule has 7 heteroatoms. The van der Waals surface area contributed by atoms with E-state index >= 15 is 0 Å². The Bertz CT molecular complexity index is 1380. The minimum Gasteiger partial charge on any atom is -0.463 e. The molecule has 0 bridgehead atoms. The number of carbonyl (C=O) groups excluding carboxylic acids is 1. The zero-order valence-corrected chi connectivity index (χ0v) is 20.8. The predicted molar refractivity (Wildman–Crippen MR) is 137 cm³/mol. The summed E-state index contributed by atoms with van der Waals surface area (Å²) >= 11 is 1.34. The van der Waals surface area contributed by atoms with Crippen molar-refractivity contribution in [2.75, 3.05) is 24.6 Å².